The van der Waals surface area contributed by atoms with E-state index in [2.05, 4.69) is 11.2 Å². The number of nitrogens with zero attached hydrogens (tertiary/aromatic N) is 1. The molecule has 0 radical (unpaired) electrons. The Kier molecular flexibility index (Phi) is 6.10. The van der Waals surface area contributed by atoms with E-state index >= 15 is 0 Å². The molecular weight excluding hydrogens is 360 g/mol. The van der Waals surface area contributed by atoms with Crippen molar-refractivity contribution >= 4 is 11.8 Å². The number of hydrogen-bond donors (Lipinski definition) is 1. The van der Waals surface area contributed by atoms with Gasteiger partial charge in [-0.25, -0.2) is 0 Å². The second-order valence-corrected chi connectivity index (χ2v) is 6.97. The fourth-order valence-electron chi connectivity index (χ4n) is 4.11. The summed E-state index contributed by atoms with van der Waals surface area (Å²) in [4.78, 5) is 28.1. The van der Waals surface area contributed by atoms with Crippen LogP contribution in [0.5, 0.6) is 11.5 Å². The zero-order valence-electron chi connectivity index (χ0n) is 16.3. The van der Waals surface area contributed by atoms with E-state index in [0.717, 1.165) is 19.3 Å². The molecule has 2 fully saturated rings. The average molecular weight is 386 g/mol. The third kappa shape index (κ3) is 3.52. The first-order chi connectivity index (χ1) is 13.6. The van der Waals surface area contributed by atoms with Crippen molar-refractivity contribution in [1.29, 1.82) is 0 Å². The van der Waals surface area contributed by atoms with Crippen LogP contribution in [0.15, 0.2) is 18.2 Å². The van der Waals surface area contributed by atoms with Crippen LogP contribution in [0.1, 0.15) is 42.5 Å². The molecule has 1 saturated heterocycles. The van der Waals surface area contributed by atoms with Gasteiger partial charge in [0, 0.05) is 0 Å². The standard InChI is InChI=1S/C21H26N2O5/c1-4-13-22-19(24)15-14-28-21(11-6-5-7-12-21)23(15)20(25)18-16(26-2)9-8-10-17(18)27-3/h1,8-10,15H,5-7,11-14H2,2-3H3,(H,22,24). The molecule has 150 valence electrons. The largest absolute Gasteiger partial charge is 0.496 e. The van der Waals surface area contributed by atoms with Crippen molar-refractivity contribution < 1.29 is 23.8 Å². The topological polar surface area (TPSA) is 77.1 Å². The lowest BCUT2D eigenvalue weighted by Crippen LogP contribution is -2.56. The van der Waals surface area contributed by atoms with Gasteiger partial charge in [-0.2, -0.15) is 0 Å². The summed E-state index contributed by atoms with van der Waals surface area (Å²) in [6.07, 6.45) is 9.60. The van der Waals surface area contributed by atoms with Gasteiger partial charge >= 0.3 is 0 Å². The van der Waals surface area contributed by atoms with E-state index in [-0.39, 0.29) is 30.5 Å². The van der Waals surface area contributed by atoms with Crippen molar-refractivity contribution in [3.8, 4) is 23.8 Å². The van der Waals surface area contributed by atoms with Crippen LogP contribution in [0.25, 0.3) is 0 Å². The molecule has 7 heteroatoms. The van der Waals surface area contributed by atoms with Crippen LogP contribution in [0.4, 0.5) is 0 Å². The van der Waals surface area contributed by atoms with E-state index in [0.29, 0.717) is 24.3 Å². The highest BCUT2D eigenvalue weighted by molar-refractivity contribution is 6.02. The van der Waals surface area contributed by atoms with Gasteiger partial charge in [-0.15, -0.1) is 6.42 Å². The minimum absolute atomic E-state index is 0.0995. The van der Waals surface area contributed by atoms with E-state index in [1.807, 2.05) is 0 Å². The number of carbonyl (C=O) groups excluding carboxylic acids is 2. The molecule has 0 bridgehead atoms. The average Bonchev–Trinajstić information content (AvgIpc) is 3.09. The van der Waals surface area contributed by atoms with Crippen molar-refractivity contribution in [3.05, 3.63) is 23.8 Å². The van der Waals surface area contributed by atoms with Crippen LogP contribution >= 0.6 is 0 Å². The van der Waals surface area contributed by atoms with Gasteiger partial charge in [-0.3, -0.25) is 14.5 Å². The lowest BCUT2D eigenvalue weighted by atomic mass is 9.89. The SMILES string of the molecule is C#CCNC(=O)C1COC2(CCCCC2)N1C(=O)c1c(OC)cccc1OC. The summed E-state index contributed by atoms with van der Waals surface area (Å²) in [6.45, 7) is 0.238. The summed E-state index contributed by atoms with van der Waals surface area (Å²) in [5.41, 5.74) is -0.503. The van der Waals surface area contributed by atoms with Crippen LogP contribution < -0.4 is 14.8 Å². The molecule has 2 amide bonds. The summed E-state index contributed by atoms with van der Waals surface area (Å²) >= 11 is 0. The molecule has 1 atom stereocenters. The molecule has 1 spiro atoms. The number of hydrogen-bond acceptors (Lipinski definition) is 5. The Bertz CT molecular complexity index is 757. The highest BCUT2D eigenvalue weighted by Crippen LogP contribution is 2.43. The quantitative estimate of drug-likeness (QED) is 0.783. The second-order valence-electron chi connectivity index (χ2n) is 6.97. The molecule has 1 heterocycles. The van der Waals surface area contributed by atoms with Gasteiger partial charge in [0.25, 0.3) is 5.91 Å². The highest BCUT2D eigenvalue weighted by Gasteiger charge is 2.53. The van der Waals surface area contributed by atoms with Crippen molar-refractivity contribution in [2.45, 2.75) is 43.9 Å². The van der Waals surface area contributed by atoms with E-state index in [9.17, 15) is 9.59 Å². The molecule has 1 unspecified atom stereocenters. The highest BCUT2D eigenvalue weighted by atomic mass is 16.5. The Labute approximate surface area is 165 Å². The maximum absolute atomic E-state index is 13.7. The molecule has 1 aromatic rings. The minimum atomic E-state index is -0.792. The summed E-state index contributed by atoms with van der Waals surface area (Å²) in [5.74, 6) is 2.52. The number of carbonyl (C=O) groups is 2. The van der Waals surface area contributed by atoms with Crippen molar-refractivity contribution in [3.63, 3.8) is 0 Å². The van der Waals surface area contributed by atoms with E-state index in [1.165, 1.54) is 14.2 Å². The molecule has 7 nitrogen and oxygen atoms in total. The summed E-state index contributed by atoms with van der Waals surface area (Å²) in [5, 5.41) is 2.68. The third-order valence-electron chi connectivity index (χ3n) is 5.42. The van der Waals surface area contributed by atoms with E-state index in [4.69, 9.17) is 20.6 Å². The lowest BCUT2D eigenvalue weighted by Gasteiger charge is -2.41. The predicted molar refractivity (Wildman–Crippen MR) is 103 cm³/mol. The van der Waals surface area contributed by atoms with Crippen molar-refractivity contribution in [2.24, 2.45) is 0 Å². The second kappa shape index (κ2) is 8.53. The monoisotopic (exact) mass is 386 g/mol. The first-order valence-corrected chi connectivity index (χ1v) is 9.48. The molecule has 3 rings (SSSR count). The van der Waals surface area contributed by atoms with Gasteiger partial charge < -0.3 is 19.5 Å². The van der Waals surface area contributed by atoms with Crippen molar-refractivity contribution in [2.75, 3.05) is 27.4 Å². The van der Waals surface area contributed by atoms with Gasteiger partial charge in [0.05, 0.1) is 27.4 Å². The summed E-state index contributed by atoms with van der Waals surface area (Å²) in [7, 11) is 3.00. The maximum atomic E-state index is 13.7. The Morgan fingerprint density at radius 2 is 1.89 bits per heavy atom. The summed E-state index contributed by atoms with van der Waals surface area (Å²) < 4.78 is 16.9. The molecule has 1 aliphatic carbocycles. The Hall–Kier alpha value is -2.72. The number of ether oxygens (including phenoxy) is 3. The Balaban J connectivity index is 2.03. The molecule has 1 saturated carbocycles. The van der Waals surface area contributed by atoms with Crippen molar-refractivity contribution in [1.82, 2.24) is 10.2 Å². The number of amides is 2. The fourth-order valence-corrected chi connectivity index (χ4v) is 4.11. The van der Waals surface area contributed by atoms with E-state index in [1.54, 1.807) is 23.1 Å². The van der Waals surface area contributed by atoms with Gasteiger partial charge in [0.1, 0.15) is 28.8 Å². The number of methoxy groups -OCH3 is 2. The zero-order valence-corrected chi connectivity index (χ0v) is 16.3. The number of benzene rings is 1. The molecule has 2 aliphatic rings. The minimum Gasteiger partial charge on any atom is -0.496 e. The van der Waals surface area contributed by atoms with Crippen LogP contribution in [-0.2, 0) is 9.53 Å². The normalized spacial score (nSPS) is 20.5. The van der Waals surface area contributed by atoms with Gasteiger partial charge in [-0.1, -0.05) is 18.4 Å². The number of terminal acetylenes is 1. The first-order valence-electron chi connectivity index (χ1n) is 9.48. The number of rotatable bonds is 5. The maximum Gasteiger partial charge on any atom is 0.264 e. The van der Waals surface area contributed by atoms with Crippen LogP contribution in [0.3, 0.4) is 0 Å². The van der Waals surface area contributed by atoms with Gasteiger partial charge in [-0.05, 0) is 37.8 Å². The van der Waals surface area contributed by atoms with Crippen LogP contribution in [0.2, 0.25) is 0 Å². The van der Waals surface area contributed by atoms with Crippen LogP contribution in [-0.4, -0.2) is 55.9 Å². The predicted octanol–water partition coefficient (Wildman–Crippen LogP) is 1.95. The molecular formula is C21H26N2O5. The molecule has 1 N–H and O–H groups in total. The van der Waals surface area contributed by atoms with Gasteiger partial charge in [0.15, 0.2) is 0 Å². The fraction of sp³-hybridized carbons (Fsp3) is 0.524. The Morgan fingerprint density at radius 3 is 2.46 bits per heavy atom. The first kappa shape index (κ1) is 20.0. The molecule has 28 heavy (non-hydrogen) atoms. The number of nitrogens with one attached hydrogen (secondary N) is 1. The van der Waals surface area contributed by atoms with Gasteiger partial charge in [0.2, 0.25) is 5.91 Å². The Morgan fingerprint density at radius 1 is 1.25 bits per heavy atom. The lowest BCUT2D eigenvalue weighted by molar-refractivity contribution is -0.127. The summed E-state index contributed by atoms with van der Waals surface area (Å²) in [6, 6.07) is 4.40. The smallest absolute Gasteiger partial charge is 0.264 e. The van der Waals surface area contributed by atoms with E-state index < -0.39 is 11.8 Å². The van der Waals surface area contributed by atoms with Crippen LogP contribution in [0, 0.1) is 12.3 Å². The molecule has 0 aromatic heterocycles. The third-order valence-corrected chi connectivity index (χ3v) is 5.42. The molecule has 1 aromatic carbocycles. The molecule has 1 aliphatic heterocycles. The zero-order chi connectivity index (χ0) is 20.1.